The minimum absolute atomic E-state index is 0.101. The highest BCUT2D eigenvalue weighted by atomic mass is 16.4. The van der Waals surface area contributed by atoms with Crippen LogP contribution in [0.5, 0.6) is 0 Å². The number of carbonyl (C=O) groups is 1. The van der Waals surface area contributed by atoms with Gasteiger partial charge >= 0.3 is 6.03 Å². The third-order valence-corrected chi connectivity index (χ3v) is 3.85. The van der Waals surface area contributed by atoms with Gasteiger partial charge in [0.1, 0.15) is 11.9 Å². The van der Waals surface area contributed by atoms with Crippen LogP contribution in [0, 0.1) is 6.92 Å². The minimum Gasteiger partial charge on any atom is -0.467 e. The van der Waals surface area contributed by atoms with Crippen LogP contribution in [0.3, 0.4) is 0 Å². The van der Waals surface area contributed by atoms with Crippen LogP contribution in [0.15, 0.2) is 47.1 Å². The van der Waals surface area contributed by atoms with Gasteiger partial charge in [-0.25, -0.2) is 4.79 Å². The Balaban J connectivity index is 1.80. The minimum atomic E-state index is -0.846. The summed E-state index contributed by atoms with van der Waals surface area (Å²) < 4.78 is 5.09. The van der Waals surface area contributed by atoms with Gasteiger partial charge in [-0.2, -0.15) is 0 Å². The number of hydrogen-bond donors (Lipinski definition) is 3. The van der Waals surface area contributed by atoms with Crippen LogP contribution < -0.4 is 10.6 Å². The molecule has 0 saturated heterocycles. The predicted octanol–water partition coefficient (Wildman–Crippen LogP) is 2.90. The molecule has 5 nitrogen and oxygen atoms in total. The highest BCUT2D eigenvalue weighted by Crippen LogP contribution is 2.22. The maximum absolute atomic E-state index is 11.9. The summed E-state index contributed by atoms with van der Waals surface area (Å²) in [5.74, 6) is 0.435. The number of amides is 2. The molecule has 2 rings (SSSR count). The zero-order valence-electron chi connectivity index (χ0n) is 13.8. The van der Waals surface area contributed by atoms with Crippen LogP contribution in [-0.4, -0.2) is 24.2 Å². The fourth-order valence-corrected chi connectivity index (χ4v) is 2.24. The molecule has 2 aromatic rings. The molecule has 1 heterocycles. The number of urea groups is 1. The fraction of sp³-hybridized carbons (Fsp3) is 0.389. The van der Waals surface area contributed by atoms with E-state index in [0.717, 1.165) is 0 Å². The lowest BCUT2D eigenvalue weighted by Crippen LogP contribution is -2.43. The highest BCUT2D eigenvalue weighted by Gasteiger charge is 2.21. The summed E-state index contributed by atoms with van der Waals surface area (Å²) in [6.45, 7) is 6.81. The zero-order valence-corrected chi connectivity index (χ0v) is 13.8. The van der Waals surface area contributed by atoms with Gasteiger partial charge in [0.2, 0.25) is 0 Å². The van der Waals surface area contributed by atoms with Crippen molar-refractivity contribution in [2.45, 2.75) is 32.3 Å². The number of aliphatic hydroxyl groups is 1. The summed E-state index contributed by atoms with van der Waals surface area (Å²) in [6.07, 6.45) is 0.642. The average molecular weight is 316 g/mol. The molecule has 0 bridgehead atoms. The number of nitrogens with one attached hydrogen (secondary N) is 2. The van der Waals surface area contributed by atoms with E-state index in [9.17, 15) is 9.90 Å². The molecule has 1 aromatic heterocycles. The number of hydrogen-bond acceptors (Lipinski definition) is 3. The Hall–Kier alpha value is -2.27. The molecule has 0 aliphatic heterocycles. The van der Waals surface area contributed by atoms with E-state index in [0.29, 0.717) is 12.3 Å². The lowest BCUT2D eigenvalue weighted by molar-refractivity contribution is 0.147. The predicted molar refractivity (Wildman–Crippen MR) is 89.3 cm³/mol. The van der Waals surface area contributed by atoms with Gasteiger partial charge in [0.25, 0.3) is 0 Å². The van der Waals surface area contributed by atoms with Crippen molar-refractivity contribution in [1.29, 1.82) is 0 Å². The molecule has 0 aliphatic carbocycles. The summed E-state index contributed by atoms with van der Waals surface area (Å²) in [6, 6.07) is 11.3. The first-order valence-corrected chi connectivity index (χ1v) is 7.69. The Morgan fingerprint density at radius 2 is 1.91 bits per heavy atom. The number of aliphatic hydroxyl groups excluding tert-OH is 1. The van der Waals surface area contributed by atoms with Crippen molar-refractivity contribution in [3.05, 3.63) is 59.5 Å². The van der Waals surface area contributed by atoms with Crippen molar-refractivity contribution in [3.8, 4) is 0 Å². The number of rotatable bonds is 6. The molecule has 2 amide bonds. The molecule has 124 valence electrons. The lowest BCUT2D eigenvalue weighted by atomic mass is 9.84. The Kier molecular flexibility index (Phi) is 5.45. The first-order valence-electron chi connectivity index (χ1n) is 7.69. The van der Waals surface area contributed by atoms with Gasteiger partial charge in [-0.15, -0.1) is 0 Å². The SMILES string of the molecule is Cc1ccc(C(C)(C)CNC(=O)NCC(O)c2ccco2)cc1. The third-order valence-electron chi connectivity index (χ3n) is 3.85. The van der Waals surface area contributed by atoms with Crippen LogP contribution in [0.1, 0.15) is 36.8 Å². The van der Waals surface area contributed by atoms with Crippen molar-refractivity contribution in [2.75, 3.05) is 13.1 Å². The third kappa shape index (κ3) is 4.86. The molecular weight excluding hydrogens is 292 g/mol. The van der Waals surface area contributed by atoms with E-state index in [1.165, 1.54) is 17.4 Å². The van der Waals surface area contributed by atoms with Crippen molar-refractivity contribution in [2.24, 2.45) is 0 Å². The number of furan rings is 1. The molecule has 5 heteroatoms. The maximum atomic E-state index is 11.9. The van der Waals surface area contributed by atoms with Crippen LogP contribution >= 0.6 is 0 Å². The van der Waals surface area contributed by atoms with Gasteiger partial charge in [-0.3, -0.25) is 0 Å². The number of carbonyl (C=O) groups excluding carboxylic acids is 1. The monoisotopic (exact) mass is 316 g/mol. The number of aryl methyl sites for hydroxylation is 1. The fourth-order valence-electron chi connectivity index (χ4n) is 2.24. The van der Waals surface area contributed by atoms with Gasteiger partial charge in [0.15, 0.2) is 0 Å². The van der Waals surface area contributed by atoms with Crippen molar-refractivity contribution >= 4 is 6.03 Å². The summed E-state index contributed by atoms with van der Waals surface area (Å²) in [4.78, 5) is 11.9. The summed E-state index contributed by atoms with van der Waals surface area (Å²) in [5.41, 5.74) is 2.20. The van der Waals surface area contributed by atoms with Crippen LogP contribution in [0.25, 0.3) is 0 Å². The Bertz CT molecular complexity index is 618. The van der Waals surface area contributed by atoms with Gasteiger partial charge in [0, 0.05) is 12.0 Å². The van der Waals surface area contributed by atoms with Crippen molar-refractivity contribution < 1.29 is 14.3 Å². The summed E-state index contributed by atoms with van der Waals surface area (Å²) >= 11 is 0. The maximum Gasteiger partial charge on any atom is 0.314 e. The van der Waals surface area contributed by atoms with E-state index in [4.69, 9.17) is 4.42 Å². The second-order valence-corrected chi connectivity index (χ2v) is 6.34. The normalized spacial score (nSPS) is 12.7. The van der Waals surface area contributed by atoms with E-state index < -0.39 is 6.10 Å². The standard InChI is InChI=1S/C18H24N2O3/c1-13-6-8-14(9-7-13)18(2,3)12-20-17(22)19-11-15(21)16-5-4-10-23-16/h4-10,15,21H,11-12H2,1-3H3,(H2,19,20,22). The van der Waals surface area contributed by atoms with Gasteiger partial charge in [-0.05, 0) is 24.6 Å². The van der Waals surface area contributed by atoms with Gasteiger partial charge in [0.05, 0.1) is 12.8 Å². The van der Waals surface area contributed by atoms with E-state index in [1.54, 1.807) is 12.1 Å². The molecule has 1 atom stereocenters. The van der Waals surface area contributed by atoms with E-state index in [2.05, 4.69) is 48.7 Å². The molecule has 1 aromatic carbocycles. The molecule has 23 heavy (non-hydrogen) atoms. The second kappa shape index (κ2) is 7.33. The lowest BCUT2D eigenvalue weighted by Gasteiger charge is -2.26. The topological polar surface area (TPSA) is 74.5 Å². The molecule has 1 unspecified atom stereocenters. The molecule has 0 aliphatic rings. The van der Waals surface area contributed by atoms with Gasteiger partial charge in [-0.1, -0.05) is 43.7 Å². The Morgan fingerprint density at radius 1 is 1.22 bits per heavy atom. The molecule has 0 saturated carbocycles. The van der Waals surface area contributed by atoms with Crippen LogP contribution in [0.4, 0.5) is 4.79 Å². The van der Waals surface area contributed by atoms with E-state index in [-0.39, 0.29) is 18.0 Å². The van der Waals surface area contributed by atoms with Crippen molar-refractivity contribution in [1.82, 2.24) is 10.6 Å². The summed E-state index contributed by atoms with van der Waals surface area (Å²) in [7, 11) is 0. The first kappa shape index (κ1) is 17.1. The van der Waals surface area contributed by atoms with Crippen LogP contribution in [0.2, 0.25) is 0 Å². The van der Waals surface area contributed by atoms with Crippen LogP contribution in [-0.2, 0) is 5.41 Å². The molecule has 0 fully saturated rings. The Labute approximate surface area is 136 Å². The smallest absolute Gasteiger partial charge is 0.314 e. The molecule has 0 spiro atoms. The summed E-state index contributed by atoms with van der Waals surface area (Å²) in [5, 5.41) is 15.3. The Morgan fingerprint density at radius 3 is 2.52 bits per heavy atom. The molecule has 0 radical (unpaired) electrons. The first-order chi connectivity index (χ1) is 10.9. The quantitative estimate of drug-likeness (QED) is 0.767. The average Bonchev–Trinajstić information content (AvgIpc) is 3.05. The molecular formula is C18H24N2O3. The largest absolute Gasteiger partial charge is 0.467 e. The van der Waals surface area contributed by atoms with E-state index in [1.807, 2.05) is 6.92 Å². The van der Waals surface area contributed by atoms with E-state index >= 15 is 0 Å². The highest BCUT2D eigenvalue weighted by molar-refractivity contribution is 5.74. The van der Waals surface area contributed by atoms with Gasteiger partial charge < -0.3 is 20.2 Å². The second-order valence-electron chi connectivity index (χ2n) is 6.34. The molecule has 3 N–H and O–H groups in total. The zero-order chi connectivity index (χ0) is 16.9. The number of benzene rings is 1. The van der Waals surface area contributed by atoms with Crippen molar-refractivity contribution in [3.63, 3.8) is 0 Å².